The van der Waals surface area contributed by atoms with E-state index in [-0.39, 0.29) is 0 Å². The third-order valence-electron chi connectivity index (χ3n) is 1.64. The van der Waals surface area contributed by atoms with E-state index in [4.69, 9.17) is 5.41 Å². The van der Waals surface area contributed by atoms with Crippen LogP contribution in [0.4, 0.5) is 0 Å². The van der Waals surface area contributed by atoms with Gasteiger partial charge in [0.25, 0.3) is 0 Å². The molecule has 0 unspecified atom stereocenters. The van der Waals surface area contributed by atoms with E-state index in [1.165, 1.54) is 0 Å². The molecule has 0 atom stereocenters. The van der Waals surface area contributed by atoms with Gasteiger partial charge in [-0.25, -0.2) is 0 Å². The van der Waals surface area contributed by atoms with Crippen molar-refractivity contribution in [1.82, 2.24) is 0 Å². The van der Waals surface area contributed by atoms with E-state index in [1.54, 1.807) is 0 Å². The summed E-state index contributed by atoms with van der Waals surface area (Å²) in [4.78, 5) is 0. The Labute approximate surface area is 67.6 Å². The average molecular weight is 147 g/mol. The highest BCUT2D eigenvalue weighted by molar-refractivity contribution is 5.98. The molecule has 58 valence electrons. The summed E-state index contributed by atoms with van der Waals surface area (Å²) in [6, 6.07) is 0. The minimum Gasteiger partial charge on any atom is -0.305 e. The molecule has 0 amide bonds. The Balaban J connectivity index is 2.81. The Morgan fingerprint density at radius 3 is 2.82 bits per heavy atom. The predicted octanol–water partition coefficient (Wildman–Crippen LogP) is 2.86. The van der Waals surface area contributed by atoms with Gasteiger partial charge in [-0.3, -0.25) is 0 Å². The molecule has 0 saturated carbocycles. The first kappa shape index (κ1) is 7.99. The largest absolute Gasteiger partial charge is 0.305 e. The number of nitrogens with one attached hydrogen (secondary N) is 1. The van der Waals surface area contributed by atoms with Crippen molar-refractivity contribution in [3.05, 3.63) is 36.0 Å². The van der Waals surface area contributed by atoms with Gasteiger partial charge in [0.2, 0.25) is 0 Å². The molecule has 1 aliphatic rings. The summed E-state index contributed by atoms with van der Waals surface area (Å²) in [5.41, 5.74) is 1.65. The molecule has 0 heterocycles. The Morgan fingerprint density at radius 1 is 1.36 bits per heavy atom. The van der Waals surface area contributed by atoms with Gasteiger partial charge in [0.05, 0.1) is 0 Å². The van der Waals surface area contributed by atoms with Gasteiger partial charge in [-0.15, -0.1) is 0 Å². The van der Waals surface area contributed by atoms with Crippen LogP contribution >= 0.6 is 0 Å². The van der Waals surface area contributed by atoms with Crippen molar-refractivity contribution in [3.63, 3.8) is 0 Å². The molecule has 1 heteroatoms. The second-order valence-corrected chi connectivity index (χ2v) is 2.65. The molecule has 0 aromatic carbocycles. The lowest BCUT2D eigenvalue weighted by molar-refractivity contribution is 1.05. The first-order chi connectivity index (χ1) is 5.30. The Morgan fingerprint density at radius 2 is 2.09 bits per heavy atom. The number of hydrogen-bond donors (Lipinski definition) is 1. The summed E-state index contributed by atoms with van der Waals surface area (Å²) in [7, 11) is 0. The molecule has 0 spiro atoms. The van der Waals surface area contributed by atoms with Crippen LogP contribution in [0.25, 0.3) is 0 Å². The van der Waals surface area contributed by atoms with Gasteiger partial charge in [-0.2, -0.15) is 0 Å². The van der Waals surface area contributed by atoms with Gasteiger partial charge in [0.15, 0.2) is 0 Å². The molecule has 0 bridgehead atoms. The number of hydrogen-bond acceptors (Lipinski definition) is 1. The second-order valence-electron chi connectivity index (χ2n) is 2.65. The summed E-state index contributed by atoms with van der Waals surface area (Å²) < 4.78 is 0. The van der Waals surface area contributed by atoms with Gasteiger partial charge < -0.3 is 5.41 Å². The molecule has 0 radical (unpaired) electrons. The van der Waals surface area contributed by atoms with Crippen LogP contribution in [-0.2, 0) is 0 Å². The van der Waals surface area contributed by atoms with E-state index in [9.17, 15) is 0 Å². The zero-order valence-corrected chi connectivity index (χ0v) is 6.80. The van der Waals surface area contributed by atoms with Crippen LogP contribution in [0.2, 0.25) is 0 Å². The van der Waals surface area contributed by atoms with Gasteiger partial charge in [0.1, 0.15) is 0 Å². The molecule has 0 saturated heterocycles. The van der Waals surface area contributed by atoms with Crippen molar-refractivity contribution in [3.8, 4) is 0 Å². The quantitative estimate of drug-likeness (QED) is 0.551. The zero-order valence-electron chi connectivity index (χ0n) is 6.80. The molecule has 11 heavy (non-hydrogen) atoms. The summed E-state index contributed by atoms with van der Waals surface area (Å²) in [6.45, 7) is 1.81. The SMILES string of the molecule is CC(=N)C1=C/C=C\CC/C=C\1. The van der Waals surface area contributed by atoms with Crippen molar-refractivity contribution in [2.24, 2.45) is 0 Å². The molecule has 0 aromatic heterocycles. The van der Waals surface area contributed by atoms with E-state index in [1.807, 2.05) is 25.2 Å². The standard InChI is InChI=1S/C10H13N/c1-9(11)10-7-5-3-2-4-6-8-10/h3,5-8,11H,2,4H2,1H3/b5-3-,8-6-,10-7+,11-9?. The van der Waals surface area contributed by atoms with Crippen LogP contribution in [0.15, 0.2) is 36.0 Å². The molecule has 0 aliphatic heterocycles. The van der Waals surface area contributed by atoms with Crippen LogP contribution in [0.1, 0.15) is 19.8 Å². The van der Waals surface area contributed by atoms with Gasteiger partial charge >= 0.3 is 0 Å². The molecule has 1 nitrogen and oxygen atoms in total. The lowest BCUT2D eigenvalue weighted by atomic mass is 10.1. The maximum absolute atomic E-state index is 7.40. The van der Waals surface area contributed by atoms with Crippen molar-refractivity contribution in [1.29, 1.82) is 5.41 Å². The Bertz CT molecular complexity index is 231. The monoisotopic (exact) mass is 147 g/mol. The first-order valence-corrected chi connectivity index (χ1v) is 3.89. The Hall–Kier alpha value is -1.11. The molecule has 0 fully saturated rings. The minimum atomic E-state index is 0.632. The van der Waals surface area contributed by atoms with Gasteiger partial charge in [0, 0.05) is 5.71 Å². The third kappa shape index (κ3) is 2.54. The van der Waals surface area contributed by atoms with Crippen molar-refractivity contribution >= 4 is 5.71 Å². The maximum atomic E-state index is 7.40. The molecule has 1 N–H and O–H groups in total. The highest BCUT2D eigenvalue weighted by atomic mass is 14.4. The van der Waals surface area contributed by atoms with Crippen LogP contribution in [-0.4, -0.2) is 5.71 Å². The highest BCUT2D eigenvalue weighted by Crippen LogP contribution is 2.05. The second kappa shape index (κ2) is 3.91. The van der Waals surface area contributed by atoms with E-state index in [2.05, 4.69) is 12.2 Å². The molecule has 1 aliphatic carbocycles. The Kier molecular flexibility index (Phi) is 2.84. The van der Waals surface area contributed by atoms with Gasteiger partial charge in [-0.05, 0) is 25.3 Å². The fraction of sp³-hybridized carbons (Fsp3) is 0.300. The summed E-state index contributed by atoms with van der Waals surface area (Å²) >= 11 is 0. The topological polar surface area (TPSA) is 23.9 Å². The number of allylic oxidation sites excluding steroid dienone is 6. The van der Waals surface area contributed by atoms with Crippen LogP contribution < -0.4 is 0 Å². The van der Waals surface area contributed by atoms with Crippen LogP contribution in [0.3, 0.4) is 0 Å². The summed E-state index contributed by atoms with van der Waals surface area (Å²) in [6.07, 6.45) is 12.5. The fourth-order valence-electron chi connectivity index (χ4n) is 0.976. The average Bonchev–Trinajstić information content (AvgIpc) is 1.84. The van der Waals surface area contributed by atoms with E-state index in [0.29, 0.717) is 5.71 Å². The normalized spacial score (nSPS) is 27.5. The lowest BCUT2D eigenvalue weighted by Crippen LogP contribution is -1.91. The van der Waals surface area contributed by atoms with Crippen molar-refractivity contribution in [2.75, 3.05) is 0 Å². The molecule has 1 rings (SSSR count). The van der Waals surface area contributed by atoms with E-state index in [0.717, 1.165) is 18.4 Å². The smallest absolute Gasteiger partial charge is 0.0355 e. The van der Waals surface area contributed by atoms with E-state index >= 15 is 0 Å². The first-order valence-electron chi connectivity index (χ1n) is 3.89. The number of rotatable bonds is 1. The van der Waals surface area contributed by atoms with Crippen molar-refractivity contribution < 1.29 is 0 Å². The predicted molar refractivity (Wildman–Crippen MR) is 49.0 cm³/mol. The highest BCUT2D eigenvalue weighted by Gasteiger charge is 1.93. The van der Waals surface area contributed by atoms with Crippen LogP contribution in [0, 0.1) is 5.41 Å². The van der Waals surface area contributed by atoms with Crippen LogP contribution in [0.5, 0.6) is 0 Å². The summed E-state index contributed by atoms with van der Waals surface area (Å²) in [5.74, 6) is 0. The molecule has 0 aromatic rings. The molecular weight excluding hydrogens is 134 g/mol. The zero-order chi connectivity index (χ0) is 8.10. The van der Waals surface area contributed by atoms with E-state index < -0.39 is 0 Å². The fourth-order valence-corrected chi connectivity index (χ4v) is 0.976. The summed E-state index contributed by atoms with van der Waals surface area (Å²) in [5, 5.41) is 7.40. The lowest BCUT2D eigenvalue weighted by Gasteiger charge is -1.98. The van der Waals surface area contributed by atoms with Gasteiger partial charge in [-0.1, -0.05) is 30.4 Å². The minimum absolute atomic E-state index is 0.632. The maximum Gasteiger partial charge on any atom is 0.0355 e. The van der Waals surface area contributed by atoms with Crippen molar-refractivity contribution in [2.45, 2.75) is 19.8 Å². The third-order valence-corrected chi connectivity index (χ3v) is 1.64. The molecular formula is C10H13N.